The number of halogens is 3. The van der Waals surface area contributed by atoms with Gasteiger partial charge in [0.1, 0.15) is 18.0 Å². The monoisotopic (exact) mass is 276 g/mol. The molecule has 8 heteroatoms. The van der Waals surface area contributed by atoms with Crippen LogP contribution in [0.4, 0.5) is 23.7 Å². The van der Waals surface area contributed by atoms with E-state index in [9.17, 15) is 22.8 Å². The number of carboxylic acid groups (broad SMARTS) is 1. The van der Waals surface area contributed by atoms with Gasteiger partial charge in [-0.3, -0.25) is 4.79 Å². The number of anilines is 1. The molecule has 0 bridgehead atoms. The standard InChI is InChI=1S/C11H11F3N2O3/c1-2-16(5-9(17)18)11(19)15-10-7(13)3-6(12)4-8(10)14/h3-4H,2,5H2,1H3,(H,15,19)(H,17,18). The third-order valence-corrected chi connectivity index (χ3v) is 2.23. The Morgan fingerprint density at radius 2 is 1.79 bits per heavy atom. The van der Waals surface area contributed by atoms with Crippen molar-refractivity contribution in [3.63, 3.8) is 0 Å². The summed E-state index contributed by atoms with van der Waals surface area (Å²) in [7, 11) is 0. The molecule has 0 aliphatic rings. The molecule has 0 spiro atoms. The van der Waals surface area contributed by atoms with Crippen LogP contribution in [0, 0.1) is 17.5 Å². The molecule has 19 heavy (non-hydrogen) atoms. The van der Waals surface area contributed by atoms with E-state index >= 15 is 0 Å². The van der Waals surface area contributed by atoms with E-state index in [0.29, 0.717) is 12.1 Å². The second-order valence-electron chi connectivity index (χ2n) is 3.58. The zero-order valence-corrected chi connectivity index (χ0v) is 9.91. The summed E-state index contributed by atoms with van der Waals surface area (Å²) >= 11 is 0. The summed E-state index contributed by atoms with van der Waals surface area (Å²) in [6.45, 7) is 0.912. The van der Waals surface area contributed by atoms with Crippen LogP contribution in [-0.4, -0.2) is 35.1 Å². The number of carbonyl (C=O) groups is 2. The number of aliphatic carboxylic acids is 1. The maximum absolute atomic E-state index is 13.3. The average molecular weight is 276 g/mol. The molecule has 0 saturated carbocycles. The van der Waals surface area contributed by atoms with Crippen molar-refractivity contribution < 1.29 is 27.9 Å². The molecule has 0 fully saturated rings. The van der Waals surface area contributed by atoms with Gasteiger partial charge in [-0.15, -0.1) is 0 Å². The van der Waals surface area contributed by atoms with Gasteiger partial charge in [0.15, 0.2) is 11.6 Å². The number of rotatable bonds is 4. The SMILES string of the molecule is CCN(CC(=O)O)C(=O)Nc1c(F)cc(F)cc1F. The normalized spacial score (nSPS) is 10.1. The average Bonchev–Trinajstić information content (AvgIpc) is 2.30. The van der Waals surface area contributed by atoms with E-state index < -0.39 is 41.7 Å². The van der Waals surface area contributed by atoms with Crippen LogP contribution in [0.3, 0.4) is 0 Å². The predicted molar refractivity (Wildman–Crippen MR) is 60.2 cm³/mol. The van der Waals surface area contributed by atoms with Gasteiger partial charge in [-0.05, 0) is 6.92 Å². The van der Waals surface area contributed by atoms with Gasteiger partial charge in [-0.2, -0.15) is 0 Å². The Morgan fingerprint density at radius 3 is 2.21 bits per heavy atom. The number of hydrogen-bond donors (Lipinski definition) is 2. The fraction of sp³-hybridized carbons (Fsp3) is 0.273. The first kappa shape index (κ1) is 14.8. The van der Waals surface area contributed by atoms with E-state index in [1.807, 2.05) is 5.32 Å². The van der Waals surface area contributed by atoms with Crippen LogP contribution in [0.2, 0.25) is 0 Å². The van der Waals surface area contributed by atoms with Crippen molar-refractivity contribution in [1.29, 1.82) is 0 Å². The molecule has 2 amide bonds. The molecule has 0 saturated heterocycles. The van der Waals surface area contributed by atoms with E-state index in [-0.39, 0.29) is 6.54 Å². The number of carboxylic acids is 1. The van der Waals surface area contributed by atoms with Crippen LogP contribution in [0.25, 0.3) is 0 Å². The molecule has 0 aliphatic carbocycles. The lowest BCUT2D eigenvalue weighted by atomic mass is 10.3. The summed E-state index contributed by atoms with van der Waals surface area (Å²) in [5.74, 6) is -4.95. The van der Waals surface area contributed by atoms with Crippen molar-refractivity contribution >= 4 is 17.7 Å². The molecule has 2 N–H and O–H groups in total. The molecular weight excluding hydrogens is 265 g/mol. The number of carbonyl (C=O) groups excluding carboxylic acids is 1. The topological polar surface area (TPSA) is 69.6 Å². The summed E-state index contributed by atoms with van der Waals surface area (Å²) in [6.07, 6.45) is 0. The largest absolute Gasteiger partial charge is 0.480 e. The van der Waals surface area contributed by atoms with Crippen LogP contribution in [0.15, 0.2) is 12.1 Å². The number of nitrogens with one attached hydrogen (secondary N) is 1. The highest BCUT2D eigenvalue weighted by atomic mass is 19.1. The highest BCUT2D eigenvalue weighted by Crippen LogP contribution is 2.20. The Balaban J connectivity index is 2.90. The summed E-state index contributed by atoms with van der Waals surface area (Å²) in [6, 6.07) is -0.174. The number of hydrogen-bond acceptors (Lipinski definition) is 2. The Morgan fingerprint density at radius 1 is 1.26 bits per heavy atom. The predicted octanol–water partition coefficient (Wildman–Crippen LogP) is 2.04. The first-order valence-corrected chi connectivity index (χ1v) is 5.27. The highest BCUT2D eigenvalue weighted by molar-refractivity contribution is 5.91. The van der Waals surface area contributed by atoms with E-state index in [1.165, 1.54) is 6.92 Å². The van der Waals surface area contributed by atoms with Gasteiger partial charge in [0.05, 0.1) is 0 Å². The Kier molecular flexibility index (Phi) is 4.74. The molecule has 0 radical (unpaired) electrons. The van der Waals surface area contributed by atoms with Gasteiger partial charge in [0, 0.05) is 18.7 Å². The number of likely N-dealkylation sites (N-methyl/N-ethyl adjacent to an activating group) is 1. The Bertz CT molecular complexity index is 485. The Labute approximate surface area is 106 Å². The minimum atomic E-state index is -1.28. The fourth-order valence-electron chi connectivity index (χ4n) is 1.34. The van der Waals surface area contributed by atoms with Gasteiger partial charge >= 0.3 is 12.0 Å². The quantitative estimate of drug-likeness (QED) is 0.884. The molecule has 0 aromatic heterocycles. The third-order valence-electron chi connectivity index (χ3n) is 2.23. The molecule has 5 nitrogen and oxygen atoms in total. The summed E-state index contributed by atoms with van der Waals surface area (Å²) in [5.41, 5.74) is -0.824. The molecule has 1 rings (SSSR count). The molecule has 0 atom stereocenters. The lowest BCUT2D eigenvalue weighted by Gasteiger charge is -2.19. The van der Waals surface area contributed by atoms with Crippen molar-refractivity contribution in [2.24, 2.45) is 0 Å². The Hall–Kier alpha value is -2.25. The molecule has 1 aromatic carbocycles. The van der Waals surface area contributed by atoms with E-state index in [0.717, 1.165) is 4.90 Å². The zero-order chi connectivity index (χ0) is 14.6. The summed E-state index contributed by atoms with van der Waals surface area (Å²) in [4.78, 5) is 22.9. The summed E-state index contributed by atoms with van der Waals surface area (Å²) < 4.78 is 39.2. The first-order valence-electron chi connectivity index (χ1n) is 5.27. The van der Waals surface area contributed by atoms with Crippen LogP contribution >= 0.6 is 0 Å². The minimum Gasteiger partial charge on any atom is -0.480 e. The third kappa shape index (κ3) is 3.87. The fourth-order valence-corrected chi connectivity index (χ4v) is 1.34. The molecule has 1 aromatic rings. The van der Waals surface area contributed by atoms with Crippen molar-refractivity contribution in [3.8, 4) is 0 Å². The highest BCUT2D eigenvalue weighted by Gasteiger charge is 2.19. The second kappa shape index (κ2) is 6.07. The van der Waals surface area contributed by atoms with Gasteiger partial charge in [0.25, 0.3) is 0 Å². The maximum Gasteiger partial charge on any atom is 0.323 e. The number of nitrogens with zero attached hydrogens (tertiary/aromatic N) is 1. The number of amides is 2. The van der Waals surface area contributed by atoms with Crippen molar-refractivity contribution in [3.05, 3.63) is 29.6 Å². The molecular formula is C11H11F3N2O3. The maximum atomic E-state index is 13.3. The van der Waals surface area contributed by atoms with Crippen molar-refractivity contribution in [1.82, 2.24) is 4.90 Å². The van der Waals surface area contributed by atoms with E-state index in [1.54, 1.807) is 0 Å². The molecule has 0 aliphatic heterocycles. The molecule has 104 valence electrons. The van der Waals surface area contributed by atoms with Crippen LogP contribution in [0.1, 0.15) is 6.92 Å². The van der Waals surface area contributed by atoms with Gasteiger partial charge < -0.3 is 15.3 Å². The van der Waals surface area contributed by atoms with E-state index in [2.05, 4.69) is 0 Å². The lowest BCUT2D eigenvalue weighted by Crippen LogP contribution is -2.38. The van der Waals surface area contributed by atoms with Crippen molar-refractivity contribution in [2.75, 3.05) is 18.4 Å². The van der Waals surface area contributed by atoms with Crippen molar-refractivity contribution in [2.45, 2.75) is 6.92 Å². The summed E-state index contributed by atoms with van der Waals surface area (Å²) in [5, 5.41) is 10.4. The molecule has 0 heterocycles. The van der Waals surface area contributed by atoms with Crippen LogP contribution in [0.5, 0.6) is 0 Å². The van der Waals surface area contributed by atoms with Gasteiger partial charge in [-0.1, -0.05) is 0 Å². The molecule has 0 unspecified atom stereocenters. The smallest absolute Gasteiger partial charge is 0.323 e. The van der Waals surface area contributed by atoms with Crippen LogP contribution < -0.4 is 5.32 Å². The lowest BCUT2D eigenvalue weighted by molar-refractivity contribution is -0.137. The second-order valence-corrected chi connectivity index (χ2v) is 3.58. The van der Waals surface area contributed by atoms with Gasteiger partial charge in [0.2, 0.25) is 0 Å². The van der Waals surface area contributed by atoms with Gasteiger partial charge in [-0.25, -0.2) is 18.0 Å². The number of urea groups is 1. The first-order chi connectivity index (χ1) is 8.85. The van der Waals surface area contributed by atoms with E-state index in [4.69, 9.17) is 5.11 Å². The number of benzene rings is 1. The zero-order valence-electron chi connectivity index (χ0n) is 9.91. The van der Waals surface area contributed by atoms with Crippen LogP contribution in [-0.2, 0) is 4.79 Å². The minimum absolute atomic E-state index is 0.0303.